The summed E-state index contributed by atoms with van der Waals surface area (Å²) in [4.78, 5) is 0. The molecule has 0 aromatic heterocycles. The fourth-order valence-electron chi connectivity index (χ4n) is 0.586. The highest BCUT2D eigenvalue weighted by Gasteiger charge is 1.93. The highest BCUT2D eigenvalue weighted by atomic mass is 16.4. The van der Waals surface area contributed by atoms with Crippen LogP contribution in [-0.2, 0) is 0 Å². The lowest BCUT2D eigenvalue weighted by Crippen LogP contribution is -1.95. The van der Waals surface area contributed by atoms with Crippen molar-refractivity contribution in [1.82, 2.24) is 0 Å². The quantitative estimate of drug-likeness (QED) is 0.356. The molecule has 0 saturated carbocycles. The topological polar surface area (TPSA) is 65.2 Å². The van der Waals surface area contributed by atoms with Gasteiger partial charge in [-0.2, -0.15) is 0 Å². The molecule has 4 nitrogen and oxygen atoms in total. The maximum atomic E-state index is 8.31. The molecular formula is C6H12N2O2. The molecule has 0 amide bonds. The van der Waals surface area contributed by atoms with Gasteiger partial charge in [0.2, 0.25) is 0 Å². The molecule has 0 saturated heterocycles. The van der Waals surface area contributed by atoms with E-state index in [1.54, 1.807) is 0 Å². The molecular weight excluding hydrogens is 132 g/mol. The summed E-state index contributed by atoms with van der Waals surface area (Å²) in [5.74, 6) is 0. The van der Waals surface area contributed by atoms with Crippen LogP contribution in [-0.4, -0.2) is 22.3 Å². The number of rotatable bonds is 4. The number of hydrogen-bond acceptors (Lipinski definition) is 4. The van der Waals surface area contributed by atoms with Gasteiger partial charge in [0.1, 0.15) is 0 Å². The van der Waals surface area contributed by atoms with Crippen LogP contribution < -0.4 is 0 Å². The second-order valence-electron chi connectivity index (χ2n) is 1.86. The molecule has 0 bridgehead atoms. The van der Waals surface area contributed by atoms with Crippen LogP contribution in [0.1, 0.15) is 26.2 Å². The SMILES string of the molecule is CCC(CCC=NO)=NO. The summed E-state index contributed by atoms with van der Waals surface area (Å²) in [6.07, 6.45) is 3.37. The van der Waals surface area contributed by atoms with Crippen LogP contribution in [0, 0.1) is 0 Å². The van der Waals surface area contributed by atoms with Crippen molar-refractivity contribution in [3.05, 3.63) is 0 Å². The number of hydrogen-bond donors (Lipinski definition) is 2. The fourth-order valence-corrected chi connectivity index (χ4v) is 0.586. The van der Waals surface area contributed by atoms with E-state index >= 15 is 0 Å². The van der Waals surface area contributed by atoms with Crippen molar-refractivity contribution >= 4 is 11.9 Å². The van der Waals surface area contributed by atoms with Gasteiger partial charge in [0.15, 0.2) is 0 Å². The van der Waals surface area contributed by atoms with E-state index in [1.165, 1.54) is 6.21 Å². The monoisotopic (exact) mass is 144 g/mol. The Hall–Kier alpha value is -1.06. The first-order chi connectivity index (χ1) is 4.85. The molecule has 0 aliphatic carbocycles. The van der Waals surface area contributed by atoms with Crippen molar-refractivity contribution in [3.8, 4) is 0 Å². The lowest BCUT2D eigenvalue weighted by atomic mass is 10.2. The Morgan fingerprint density at radius 2 is 2.20 bits per heavy atom. The molecule has 0 unspecified atom stereocenters. The Labute approximate surface area is 59.9 Å². The Morgan fingerprint density at radius 3 is 2.60 bits per heavy atom. The molecule has 0 aliphatic rings. The fraction of sp³-hybridized carbons (Fsp3) is 0.667. The molecule has 0 radical (unpaired) electrons. The first-order valence-corrected chi connectivity index (χ1v) is 3.20. The molecule has 0 aliphatic heterocycles. The third-order valence-electron chi connectivity index (χ3n) is 1.19. The second-order valence-corrected chi connectivity index (χ2v) is 1.86. The summed E-state index contributed by atoms with van der Waals surface area (Å²) >= 11 is 0. The summed E-state index contributed by atoms with van der Waals surface area (Å²) in [5.41, 5.74) is 0.722. The smallest absolute Gasteiger partial charge is 0.0571 e. The van der Waals surface area contributed by atoms with Crippen molar-refractivity contribution in [2.45, 2.75) is 26.2 Å². The molecule has 0 rings (SSSR count). The van der Waals surface area contributed by atoms with Crippen LogP contribution in [0.4, 0.5) is 0 Å². The van der Waals surface area contributed by atoms with Crippen molar-refractivity contribution in [2.24, 2.45) is 10.3 Å². The van der Waals surface area contributed by atoms with Crippen molar-refractivity contribution in [2.75, 3.05) is 0 Å². The van der Waals surface area contributed by atoms with Crippen molar-refractivity contribution in [1.29, 1.82) is 0 Å². The van der Waals surface area contributed by atoms with E-state index in [2.05, 4.69) is 10.3 Å². The van der Waals surface area contributed by atoms with Gasteiger partial charge in [-0.05, 0) is 19.3 Å². The maximum absolute atomic E-state index is 8.31. The van der Waals surface area contributed by atoms with E-state index in [-0.39, 0.29) is 0 Å². The highest BCUT2D eigenvalue weighted by molar-refractivity contribution is 5.85. The Morgan fingerprint density at radius 1 is 1.50 bits per heavy atom. The lowest BCUT2D eigenvalue weighted by molar-refractivity contribution is 0.315. The lowest BCUT2D eigenvalue weighted by Gasteiger charge is -1.94. The van der Waals surface area contributed by atoms with Crippen LogP contribution in [0.5, 0.6) is 0 Å². The van der Waals surface area contributed by atoms with Gasteiger partial charge < -0.3 is 10.4 Å². The van der Waals surface area contributed by atoms with E-state index in [1.807, 2.05) is 6.92 Å². The zero-order valence-corrected chi connectivity index (χ0v) is 5.99. The molecule has 0 heterocycles. The zero-order chi connectivity index (χ0) is 7.82. The maximum Gasteiger partial charge on any atom is 0.0571 e. The predicted molar refractivity (Wildman–Crippen MR) is 39.0 cm³/mol. The van der Waals surface area contributed by atoms with Crippen LogP contribution in [0.15, 0.2) is 10.3 Å². The van der Waals surface area contributed by atoms with Crippen LogP contribution in [0.2, 0.25) is 0 Å². The molecule has 0 spiro atoms. The summed E-state index contributed by atoms with van der Waals surface area (Å²) in [6.45, 7) is 1.91. The summed E-state index contributed by atoms with van der Waals surface area (Å²) in [5, 5.41) is 22.2. The van der Waals surface area contributed by atoms with Gasteiger partial charge in [-0.1, -0.05) is 12.1 Å². The van der Waals surface area contributed by atoms with Crippen LogP contribution in [0.25, 0.3) is 0 Å². The third kappa shape index (κ3) is 3.88. The highest BCUT2D eigenvalue weighted by Crippen LogP contribution is 1.94. The van der Waals surface area contributed by atoms with Crippen LogP contribution in [0.3, 0.4) is 0 Å². The average Bonchev–Trinajstić information content (AvgIpc) is 1.99. The van der Waals surface area contributed by atoms with Gasteiger partial charge >= 0.3 is 0 Å². The van der Waals surface area contributed by atoms with Crippen molar-refractivity contribution in [3.63, 3.8) is 0 Å². The zero-order valence-electron chi connectivity index (χ0n) is 5.99. The van der Waals surface area contributed by atoms with Gasteiger partial charge in [0.05, 0.1) is 5.71 Å². The first kappa shape index (κ1) is 8.94. The van der Waals surface area contributed by atoms with E-state index in [0.717, 1.165) is 12.1 Å². The minimum Gasteiger partial charge on any atom is -0.411 e. The normalized spacial score (nSPS) is 12.7. The van der Waals surface area contributed by atoms with E-state index in [4.69, 9.17) is 10.4 Å². The summed E-state index contributed by atoms with van der Waals surface area (Å²) < 4.78 is 0. The Bertz CT molecular complexity index is 132. The van der Waals surface area contributed by atoms with Gasteiger partial charge in [0, 0.05) is 6.21 Å². The van der Waals surface area contributed by atoms with Gasteiger partial charge in [-0.15, -0.1) is 5.16 Å². The van der Waals surface area contributed by atoms with Gasteiger partial charge in [-0.3, -0.25) is 0 Å². The molecule has 0 fully saturated rings. The largest absolute Gasteiger partial charge is 0.411 e. The molecule has 2 N–H and O–H groups in total. The van der Waals surface area contributed by atoms with Gasteiger partial charge in [0.25, 0.3) is 0 Å². The van der Waals surface area contributed by atoms with E-state index < -0.39 is 0 Å². The molecule has 0 aromatic carbocycles. The molecule has 10 heavy (non-hydrogen) atoms. The summed E-state index contributed by atoms with van der Waals surface area (Å²) in [7, 11) is 0. The molecule has 58 valence electrons. The van der Waals surface area contributed by atoms with Crippen LogP contribution >= 0.6 is 0 Å². The average molecular weight is 144 g/mol. The van der Waals surface area contributed by atoms with E-state index in [0.29, 0.717) is 12.8 Å². The van der Waals surface area contributed by atoms with Gasteiger partial charge in [-0.25, -0.2) is 0 Å². The molecule has 0 atom stereocenters. The molecule has 4 heteroatoms. The number of nitrogens with zero attached hydrogens (tertiary/aromatic N) is 2. The Balaban J connectivity index is 3.46. The van der Waals surface area contributed by atoms with E-state index in [9.17, 15) is 0 Å². The first-order valence-electron chi connectivity index (χ1n) is 3.20. The molecule has 0 aromatic rings. The second kappa shape index (κ2) is 6.07. The summed E-state index contributed by atoms with van der Waals surface area (Å²) in [6, 6.07) is 0. The minimum absolute atomic E-state index is 0.615. The number of oxime groups is 2. The third-order valence-corrected chi connectivity index (χ3v) is 1.19. The van der Waals surface area contributed by atoms with Crippen molar-refractivity contribution < 1.29 is 10.4 Å². The predicted octanol–water partition coefficient (Wildman–Crippen LogP) is 1.47. The standard InChI is InChI=1S/C6H12N2O2/c1-2-6(8-10)4-3-5-7-9/h5,9-10H,2-4H2,1H3. The minimum atomic E-state index is 0.615. The Kier molecular flexibility index (Phi) is 5.42.